The summed E-state index contributed by atoms with van der Waals surface area (Å²) in [7, 11) is 11.5. The summed E-state index contributed by atoms with van der Waals surface area (Å²) in [5.41, 5.74) is 0.589. The lowest BCUT2D eigenvalue weighted by atomic mass is 9.34. The number of nitrogens with zero attached hydrogens (tertiary/aromatic N) is 2. The summed E-state index contributed by atoms with van der Waals surface area (Å²) in [6, 6.07) is 7.88. The summed E-state index contributed by atoms with van der Waals surface area (Å²) in [5, 5.41) is 1.09. The second kappa shape index (κ2) is 8.84. The fourth-order valence-corrected chi connectivity index (χ4v) is 5.41. The number of aryl methyl sites for hydroxylation is 1. The standard InChI is InChI=1S/C20H28B6ClF2N3O/c1-11-2-5-15(30-9-11)19(23,24)31-20(25,26)17(29)6-7-32(10-18(17,21)22)16(33)12-3-4-14(28)13(27)8-12/h2-5,8-9,31H,6-7,10,21-26H2,1H3. The topological polar surface area (TPSA) is 45.2 Å². The fraction of sp³-hybridized carbons (Fsp3) is 0.400. The van der Waals surface area contributed by atoms with Crippen LogP contribution in [0.1, 0.15) is 28.0 Å². The summed E-state index contributed by atoms with van der Waals surface area (Å²) < 4.78 is 30.4. The average Bonchev–Trinajstić information content (AvgIpc) is 2.71. The Bertz CT molecular complexity index is 1060. The molecule has 1 atom stereocenters. The highest BCUT2D eigenvalue weighted by Crippen LogP contribution is 2.48. The van der Waals surface area contributed by atoms with E-state index in [-0.39, 0.29) is 30.4 Å². The molecule has 2 heterocycles. The SMILES string of the molecule is BC(B)(NC(B)(B)C1(F)CCN(C(=O)c2ccc(F)c(Cl)c2)CC1(B)B)c1ccc(C)cn1. The van der Waals surface area contributed by atoms with Gasteiger partial charge >= 0.3 is 0 Å². The molecule has 0 bridgehead atoms. The molecule has 0 saturated carbocycles. The van der Waals surface area contributed by atoms with E-state index in [2.05, 4.69) is 10.3 Å². The Balaban J connectivity index is 1.82. The number of alkyl halides is 1. The van der Waals surface area contributed by atoms with Crippen molar-refractivity contribution in [3.63, 3.8) is 0 Å². The molecule has 0 spiro atoms. The van der Waals surface area contributed by atoms with Crippen LogP contribution in [0.25, 0.3) is 0 Å². The molecular formula is C20H28B6ClF2N3O. The predicted molar refractivity (Wildman–Crippen MR) is 146 cm³/mol. The zero-order valence-electron chi connectivity index (χ0n) is 20.5. The van der Waals surface area contributed by atoms with E-state index in [1.165, 1.54) is 18.2 Å². The van der Waals surface area contributed by atoms with Crippen molar-refractivity contribution in [2.45, 2.75) is 34.9 Å². The van der Waals surface area contributed by atoms with E-state index in [1.807, 2.05) is 72.3 Å². The molecule has 1 fully saturated rings. The molecule has 1 saturated heterocycles. The molecule has 33 heavy (non-hydrogen) atoms. The zero-order valence-corrected chi connectivity index (χ0v) is 21.3. The van der Waals surface area contributed by atoms with Crippen LogP contribution >= 0.6 is 11.6 Å². The van der Waals surface area contributed by atoms with E-state index >= 15 is 4.39 Å². The van der Waals surface area contributed by atoms with Crippen LogP contribution in [-0.4, -0.2) is 87.0 Å². The van der Waals surface area contributed by atoms with E-state index in [0.717, 1.165) is 11.3 Å². The van der Waals surface area contributed by atoms with Gasteiger partial charge in [0, 0.05) is 30.5 Å². The van der Waals surface area contributed by atoms with Crippen LogP contribution in [0.3, 0.4) is 0 Å². The van der Waals surface area contributed by atoms with Crippen LogP contribution in [0.2, 0.25) is 10.2 Å². The molecular weight excluding hydrogens is 437 g/mol. The molecule has 1 amide bonds. The number of carbonyl (C=O) groups excluding carboxylic acids is 1. The normalized spacial score (nSPS) is 21.0. The van der Waals surface area contributed by atoms with Gasteiger partial charge in [0.1, 0.15) is 58.6 Å². The Morgan fingerprint density at radius 1 is 1.21 bits per heavy atom. The first-order valence-corrected chi connectivity index (χ1v) is 11.6. The van der Waals surface area contributed by atoms with Gasteiger partial charge in [-0.1, -0.05) is 17.7 Å². The molecule has 4 nitrogen and oxygen atoms in total. The van der Waals surface area contributed by atoms with Crippen LogP contribution in [0, 0.1) is 12.7 Å². The second-order valence-electron chi connectivity index (χ2n) is 10.9. The first-order valence-electron chi connectivity index (χ1n) is 11.3. The quantitative estimate of drug-likeness (QED) is 0.507. The largest absolute Gasteiger partial charge is 0.339 e. The van der Waals surface area contributed by atoms with Gasteiger partial charge in [-0.25, -0.2) is 8.78 Å². The highest BCUT2D eigenvalue weighted by molar-refractivity contribution is 6.48. The second-order valence-corrected chi connectivity index (χ2v) is 11.3. The molecule has 1 unspecified atom stereocenters. The maximum absolute atomic E-state index is 16.9. The number of hydrogen-bond donors (Lipinski definition) is 1. The zero-order chi connectivity index (χ0) is 24.8. The summed E-state index contributed by atoms with van der Waals surface area (Å²) in [6.07, 6.45) is 1.98. The molecule has 13 heteroatoms. The number of pyridine rings is 1. The Kier molecular flexibility index (Phi) is 6.96. The number of rotatable bonds is 5. The van der Waals surface area contributed by atoms with Crippen molar-refractivity contribution in [1.82, 2.24) is 15.2 Å². The smallest absolute Gasteiger partial charge is 0.253 e. The third-order valence-corrected chi connectivity index (χ3v) is 7.30. The Hall–Kier alpha value is -1.66. The van der Waals surface area contributed by atoms with E-state index < -0.39 is 27.4 Å². The third-order valence-electron chi connectivity index (χ3n) is 7.01. The number of carbonyl (C=O) groups is 1. The number of hydrogen-bond acceptors (Lipinski definition) is 3. The van der Waals surface area contributed by atoms with E-state index in [9.17, 15) is 9.18 Å². The number of benzene rings is 1. The summed E-state index contributed by atoms with van der Waals surface area (Å²) >= 11 is 5.86. The Labute approximate surface area is 205 Å². The Morgan fingerprint density at radius 3 is 2.42 bits per heavy atom. The summed E-state index contributed by atoms with van der Waals surface area (Å²) in [6.45, 7) is 2.46. The van der Waals surface area contributed by atoms with Gasteiger partial charge < -0.3 is 10.2 Å². The maximum Gasteiger partial charge on any atom is 0.253 e. The van der Waals surface area contributed by atoms with E-state index in [4.69, 9.17) is 11.6 Å². The average molecular weight is 465 g/mol. The van der Waals surface area contributed by atoms with E-state index in [1.54, 1.807) is 4.90 Å². The van der Waals surface area contributed by atoms with Gasteiger partial charge in [0.05, 0.1) is 5.02 Å². The van der Waals surface area contributed by atoms with Crippen molar-refractivity contribution in [2.24, 2.45) is 0 Å². The lowest BCUT2D eigenvalue weighted by Gasteiger charge is -2.58. The van der Waals surface area contributed by atoms with Crippen molar-refractivity contribution < 1.29 is 13.6 Å². The molecule has 168 valence electrons. The third kappa shape index (κ3) is 4.92. The first kappa shape index (κ1) is 26.0. The lowest BCUT2D eigenvalue weighted by Crippen LogP contribution is -2.74. The van der Waals surface area contributed by atoms with Gasteiger partial charge in [0.25, 0.3) is 5.91 Å². The Morgan fingerprint density at radius 2 is 1.88 bits per heavy atom. The van der Waals surface area contributed by atoms with Crippen molar-refractivity contribution in [1.29, 1.82) is 0 Å². The molecule has 1 aliphatic heterocycles. The van der Waals surface area contributed by atoms with Crippen molar-refractivity contribution in [2.75, 3.05) is 13.1 Å². The molecule has 0 aliphatic carbocycles. The lowest BCUT2D eigenvalue weighted by molar-refractivity contribution is 0.0168. The number of amides is 1. The van der Waals surface area contributed by atoms with Crippen molar-refractivity contribution in [3.05, 3.63) is 64.2 Å². The molecule has 1 aromatic carbocycles. The van der Waals surface area contributed by atoms with Crippen LogP contribution in [0.15, 0.2) is 36.5 Å². The van der Waals surface area contributed by atoms with Gasteiger partial charge in [-0.2, -0.15) is 0 Å². The highest BCUT2D eigenvalue weighted by Gasteiger charge is 2.58. The number of halogens is 3. The summed E-state index contributed by atoms with van der Waals surface area (Å²) in [5.74, 6) is -0.851. The van der Waals surface area contributed by atoms with Gasteiger partial charge in [0.2, 0.25) is 0 Å². The predicted octanol–water partition coefficient (Wildman–Crippen LogP) is -2.29. The minimum atomic E-state index is -1.61. The fourth-order valence-electron chi connectivity index (χ4n) is 5.23. The number of nitrogens with one attached hydrogen (secondary N) is 1. The van der Waals surface area contributed by atoms with Crippen LogP contribution < -0.4 is 5.32 Å². The molecule has 0 radical (unpaired) electrons. The van der Waals surface area contributed by atoms with Crippen molar-refractivity contribution >= 4 is 64.6 Å². The van der Waals surface area contributed by atoms with E-state index in [0.29, 0.717) is 5.56 Å². The van der Waals surface area contributed by atoms with Gasteiger partial charge in [-0.15, -0.1) is 0 Å². The van der Waals surface area contributed by atoms with Crippen LogP contribution in [0.5, 0.6) is 0 Å². The molecule has 1 aromatic heterocycles. The maximum atomic E-state index is 16.9. The highest BCUT2D eigenvalue weighted by atomic mass is 35.5. The molecule has 2 aromatic rings. The monoisotopic (exact) mass is 465 g/mol. The molecule has 1 N–H and O–H groups in total. The number of likely N-dealkylation sites (tertiary alicyclic amines) is 1. The van der Waals surface area contributed by atoms with Crippen molar-refractivity contribution in [3.8, 4) is 0 Å². The van der Waals surface area contributed by atoms with Gasteiger partial charge in [-0.05, 0) is 59.1 Å². The molecule has 3 rings (SSSR count). The minimum absolute atomic E-state index is 0.103. The number of piperidine rings is 1. The molecule has 1 aliphatic rings. The van der Waals surface area contributed by atoms with Gasteiger partial charge in [0.15, 0.2) is 0 Å². The van der Waals surface area contributed by atoms with Gasteiger partial charge in [-0.3, -0.25) is 9.78 Å². The minimum Gasteiger partial charge on any atom is -0.339 e. The number of aromatic nitrogens is 1. The van der Waals surface area contributed by atoms with Crippen LogP contribution in [0.4, 0.5) is 8.78 Å². The van der Waals surface area contributed by atoms with Crippen LogP contribution in [-0.2, 0) is 5.34 Å². The first-order chi connectivity index (χ1) is 15.1. The summed E-state index contributed by atoms with van der Waals surface area (Å²) in [4.78, 5) is 19.2.